The molecule has 26 heavy (non-hydrogen) atoms. The standard InChI is InChI=1S/C17H16BrN3O4S/c1-23-12-5-3-11(4-6-12)16(22)25-15-13(18)7-10(8-14(15)24-2)9-20-21-17(19)26/h3-9H,1-2H3,(H3,19,21,26)/b20-9-. The van der Waals surface area contributed by atoms with Gasteiger partial charge in [-0.25, -0.2) is 4.79 Å². The number of thiocarbonyl (C=S) groups is 1. The van der Waals surface area contributed by atoms with Crippen molar-refractivity contribution in [2.24, 2.45) is 10.8 Å². The number of carbonyl (C=O) groups is 1. The summed E-state index contributed by atoms with van der Waals surface area (Å²) in [6.45, 7) is 0. The Bertz CT molecular complexity index is 841. The van der Waals surface area contributed by atoms with Gasteiger partial charge >= 0.3 is 5.97 Å². The molecule has 0 spiro atoms. The van der Waals surface area contributed by atoms with Crippen LogP contribution in [0.4, 0.5) is 0 Å². The van der Waals surface area contributed by atoms with Gasteiger partial charge in [-0.05, 0) is 70.1 Å². The van der Waals surface area contributed by atoms with E-state index in [0.717, 1.165) is 0 Å². The largest absolute Gasteiger partial charge is 0.497 e. The second-order valence-corrected chi connectivity index (χ2v) is 6.18. The van der Waals surface area contributed by atoms with E-state index in [1.807, 2.05) is 0 Å². The number of halogens is 1. The zero-order valence-corrected chi connectivity index (χ0v) is 16.4. The molecule has 3 N–H and O–H groups in total. The zero-order chi connectivity index (χ0) is 19.1. The topological polar surface area (TPSA) is 95.2 Å². The fourth-order valence-corrected chi connectivity index (χ4v) is 2.56. The van der Waals surface area contributed by atoms with Gasteiger partial charge in [-0.1, -0.05) is 0 Å². The molecule has 9 heteroatoms. The van der Waals surface area contributed by atoms with Crippen LogP contribution in [-0.4, -0.2) is 31.5 Å². The summed E-state index contributed by atoms with van der Waals surface area (Å²) >= 11 is 8.04. The molecule has 0 radical (unpaired) electrons. The van der Waals surface area contributed by atoms with Crippen LogP contribution in [0, 0.1) is 0 Å². The molecule has 0 aliphatic rings. The van der Waals surface area contributed by atoms with Crippen LogP contribution in [0.1, 0.15) is 15.9 Å². The monoisotopic (exact) mass is 437 g/mol. The summed E-state index contributed by atoms with van der Waals surface area (Å²) in [5.74, 6) is 0.739. The number of ether oxygens (including phenoxy) is 3. The molecule has 0 unspecified atom stereocenters. The number of esters is 1. The minimum absolute atomic E-state index is 0.0531. The Morgan fingerprint density at radius 3 is 2.50 bits per heavy atom. The number of nitrogens with zero attached hydrogens (tertiary/aromatic N) is 1. The van der Waals surface area contributed by atoms with Gasteiger partial charge in [0.25, 0.3) is 0 Å². The number of nitrogens with one attached hydrogen (secondary N) is 1. The van der Waals surface area contributed by atoms with Crippen LogP contribution in [-0.2, 0) is 0 Å². The first-order chi connectivity index (χ1) is 12.4. The number of hydrogen-bond acceptors (Lipinski definition) is 6. The molecule has 0 heterocycles. The average Bonchev–Trinajstić information content (AvgIpc) is 2.63. The van der Waals surface area contributed by atoms with Gasteiger partial charge in [-0.3, -0.25) is 5.43 Å². The van der Waals surface area contributed by atoms with Crippen molar-refractivity contribution in [1.29, 1.82) is 0 Å². The molecule has 0 saturated carbocycles. The lowest BCUT2D eigenvalue weighted by Gasteiger charge is -2.12. The van der Waals surface area contributed by atoms with E-state index in [0.29, 0.717) is 27.1 Å². The van der Waals surface area contributed by atoms with Crippen molar-refractivity contribution in [3.05, 3.63) is 52.0 Å². The Balaban J connectivity index is 2.23. The summed E-state index contributed by atoms with van der Waals surface area (Å²) in [6, 6.07) is 9.96. The van der Waals surface area contributed by atoms with Crippen molar-refractivity contribution in [2.45, 2.75) is 0 Å². The SMILES string of the molecule is COc1ccc(C(=O)Oc2c(Br)cc(/C=N\NC(N)=S)cc2OC)cc1. The highest BCUT2D eigenvalue weighted by atomic mass is 79.9. The summed E-state index contributed by atoms with van der Waals surface area (Å²) < 4.78 is 16.4. The Morgan fingerprint density at radius 1 is 1.23 bits per heavy atom. The molecule has 0 saturated heterocycles. The number of nitrogens with two attached hydrogens (primary N) is 1. The van der Waals surface area contributed by atoms with Crippen LogP contribution in [0.3, 0.4) is 0 Å². The maximum Gasteiger partial charge on any atom is 0.343 e. The highest BCUT2D eigenvalue weighted by molar-refractivity contribution is 9.10. The molecular formula is C17H16BrN3O4S. The van der Waals surface area contributed by atoms with Crippen LogP contribution in [0.15, 0.2) is 46.0 Å². The van der Waals surface area contributed by atoms with Crippen molar-refractivity contribution in [3.63, 3.8) is 0 Å². The van der Waals surface area contributed by atoms with Crippen LogP contribution in [0.25, 0.3) is 0 Å². The lowest BCUT2D eigenvalue weighted by Crippen LogP contribution is -2.24. The van der Waals surface area contributed by atoms with Gasteiger partial charge in [-0.2, -0.15) is 5.10 Å². The summed E-state index contributed by atoms with van der Waals surface area (Å²) in [6.07, 6.45) is 1.50. The Kier molecular flexibility index (Phi) is 6.93. The van der Waals surface area contributed by atoms with E-state index in [4.69, 9.17) is 19.9 Å². The molecule has 7 nitrogen and oxygen atoms in total. The first-order valence-electron chi connectivity index (χ1n) is 7.27. The predicted octanol–water partition coefficient (Wildman–Crippen LogP) is 2.85. The van der Waals surface area contributed by atoms with Crippen molar-refractivity contribution < 1.29 is 19.0 Å². The van der Waals surface area contributed by atoms with E-state index in [-0.39, 0.29) is 10.9 Å². The Hall–Kier alpha value is -2.65. The van der Waals surface area contributed by atoms with Gasteiger partial charge in [0.1, 0.15) is 5.75 Å². The van der Waals surface area contributed by atoms with Gasteiger partial charge < -0.3 is 19.9 Å². The quantitative estimate of drug-likeness (QED) is 0.236. The third-order valence-electron chi connectivity index (χ3n) is 3.16. The molecule has 2 rings (SSSR count). The second kappa shape index (κ2) is 9.16. The average molecular weight is 438 g/mol. The summed E-state index contributed by atoms with van der Waals surface area (Å²) in [4.78, 5) is 12.4. The van der Waals surface area contributed by atoms with E-state index in [9.17, 15) is 4.79 Å². The van der Waals surface area contributed by atoms with E-state index in [2.05, 4.69) is 38.7 Å². The third-order valence-corrected chi connectivity index (χ3v) is 3.84. The summed E-state index contributed by atoms with van der Waals surface area (Å²) in [7, 11) is 3.03. The molecule has 0 amide bonds. The fourth-order valence-electron chi connectivity index (χ4n) is 1.96. The smallest absolute Gasteiger partial charge is 0.343 e. The van der Waals surface area contributed by atoms with Crippen LogP contribution in [0.2, 0.25) is 0 Å². The Labute approximate surface area is 164 Å². The molecule has 0 aliphatic heterocycles. The molecule has 0 aliphatic carbocycles. The second-order valence-electron chi connectivity index (χ2n) is 4.89. The maximum absolute atomic E-state index is 12.4. The third kappa shape index (κ3) is 5.17. The number of hydrazone groups is 1. The van der Waals surface area contributed by atoms with Gasteiger partial charge in [-0.15, -0.1) is 0 Å². The molecule has 0 fully saturated rings. The van der Waals surface area contributed by atoms with Gasteiger partial charge in [0.2, 0.25) is 0 Å². The molecule has 0 aromatic heterocycles. The zero-order valence-electron chi connectivity index (χ0n) is 14.0. The van der Waals surface area contributed by atoms with Crippen molar-refractivity contribution in [1.82, 2.24) is 5.43 Å². The molecular weight excluding hydrogens is 422 g/mol. The van der Waals surface area contributed by atoms with Gasteiger partial charge in [0, 0.05) is 0 Å². The van der Waals surface area contributed by atoms with E-state index >= 15 is 0 Å². The first kappa shape index (κ1) is 19.7. The Morgan fingerprint density at radius 2 is 1.92 bits per heavy atom. The molecule has 136 valence electrons. The summed E-state index contributed by atoms with van der Waals surface area (Å²) in [5, 5.41) is 3.93. The van der Waals surface area contributed by atoms with Crippen LogP contribution >= 0.6 is 28.1 Å². The minimum Gasteiger partial charge on any atom is -0.497 e. The number of methoxy groups -OCH3 is 2. The fraction of sp³-hybridized carbons (Fsp3) is 0.118. The normalized spacial score (nSPS) is 10.4. The maximum atomic E-state index is 12.4. The van der Waals surface area contributed by atoms with Crippen molar-refractivity contribution in [3.8, 4) is 17.2 Å². The lowest BCUT2D eigenvalue weighted by atomic mass is 10.2. The molecule has 2 aromatic carbocycles. The lowest BCUT2D eigenvalue weighted by molar-refractivity contribution is 0.0728. The van der Waals surface area contributed by atoms with Gasteiger partial charge in [0.15, 0.2) is 16.6 Å². The summed E-state index contributed by atoms with van der Waals surface area (Å²) in [5.41, 5.74) is 8.82. The highest BCUT2D eigenvalue weighted by Crippen LogP contribution is 2.36. The van der Waals surface area contributed by atoms with Crippen LogP contribution < -0.4 is 25.4 Å². The number of hydrogen-bond donors (Lipinski definition) is 2. The molecule has 2 aromatic rings. The van der Waals surface area contributed by atoms with Crippen molar-refractivity contribution in [2.75, 3.05) is 14.2 Å². The van der Waals surface area contributed by atoms with Crippen molar-refractivity contribution >= 4 is 45.4 Å². The molecule has 0 bridgehead atoms. The first-order valence-corrected chi connectivity index (χ1v) is 8.47. The number of carbonyl (C=O) groups excluding carboxylic acids is 1. The minimum atomic E-state index is -0.525. The van der Waals surface area contributed by atoms with E-state index < -0.39 is 5.97 Å². The van der Waals surface area contributed by atoms with E-state index in [1.165, 1.54) is 13.3 Å². The number of benzene rings is 2. The van der Waals surface area contributed by atoms with Crippen LogP contribution in [0.5, 0.6) is 17.2 Å². The van der Waals surface area contributed by atoms with Gasteiger partial charge in [0.05, 0.1) is 30.5 Å². The highest BCUT2D eigenvalue weighted by Gasteiger charge is 2.16. The molecule has 0 atom stereocenters. The number of rotatable bonds is 6. The predicted molar refractivity (Wildman–Crippen MR) is 106 cm³/mol. The van der Waals surface area contributed by atoms with E-state index in [1.54, 1.807) is 43.5 Å².